The Morgan fingerprint density at radius 2 is 1.96 bits per heavy atom. The van der Waals surface area contributed by atoms with E-state index in [4.69, 9.17) is 4.74 Å². The van der Waals surface area contributed by atoms with E-state index >= 15 is 0 Å². The summed E-state index contributed by atoms with van der Waals surface area (Å²) in [5.41, 5.74) is 3.30. The van der Waals surface area contributed by atoms with E-state index in [0.717, 1.165) is 23.5 Å². The van der Waals surface area contributed by atoms with Crippen molar-refractivity contribution in [2.24, 2.45) is 0 Å². The van der Waals surface area contributed by atoms with Gasteiger partial charge in [0.15, 0.2) is 5.82 Å². The van der Waals surface area contributed by atoms with E-state index in [1.165, 1.54) is 5.56 Å². The van der Waals surface area contributed by atoms with Crippen molar-refractivity contribution in [2.75, 3.05) is 23.9 Å². The second kappa shape index (κ2) is 8.29. The van der Waals surface area contributed by atoms with Gasteiger partial charge in [0.1, 0.15) is 5.75 Å². The third kappa shape index (κ3) is 4.08. The minimum atomic E-state index is 0.572. The summed E-state index contributed by atoms with van der Waals surface area (Å²) >= 11 is 0. The molecule has 0 unspecified atom stereocenters. The molecule has 1 aromatic heterocycles. The van der Waals surface area contributed by atoms with Crippen LogP contribution in [0.2, 0.25) is 0 Å². The van der Waals surface area contributed by atoms with Gasteiger partial charge in [-0.1, -0.05) is 30.3 Å². The molecular weight excluding hydrogens is 326 g/mol. The predicted molar refractivity (Wildman–Crippen MR) is 104 cm³/mol. The Morgan fingerprint density at radius 3 is 2.73 bits per heavy atom. The lowest BCUT2D eigenvalue weighted by Gasteiger charge is -2.21. The van der Waals surface area contributed by atoms with Crippen molar-refractivity contribution >= 4 is 17.5 Å². The van der Waals surface area contributed by atoms with Crippen LogP contribution in [0.5, 0.6) is 5.75 Å². The molecule has 6 nitrogen and oxygen atoms in total. The van der Waals surface area contributed by atoms with Crippen molar-refractivity contribution in [1.29, 1.82) is 0 Å². The van der Waals surface area contributed by atoms with Crippen LogP contribution in [-0.4, -0.2) is 28.8 Å². The smallest absolute Gasteiger partial charge is 0.251 e. The van der Waals surface area contributed by atoms with Crippen LogP contribution in [0.15, 0.2) is 54.7 Å². The molecule has 0 radical (unpaired) electrons. The molecule has 1 N–H and O–H groups in total. The molecule has 0 fully saturated rings. The number of anilines is 3. The summed E-state index contributed by atoms with van der Waals surface area (Å²) in [4.78, 5) is 6.66. The Hall–Kier alpha value is -3.15. The Morgan fingerprint density at radius 1 is 1.12 bits per heavy atom. The highest BCUT2D eigenvalue weighted by Gasteiger charge is 2.12. The normalized spacial score (nSPS) is 10.4. The van der Waals surface area contributed by atoms with Gasteiger partial charge < -0.3 is 15.0 Å². The molecule has 0 aliphatic heterocycles. The van der Waals surface area contributed by atoms with Gasteiger partial charge >= 0.3 is 0 Å². The fraction of sp³-hybridized carbons (Fsp3) is 0.250. The van der Waals surface area contributed by atoms with Gasteiger partial charge in [-0.2, -0.15) is 10.1 Å². The molecule has 0 atom stereocenters. The number of hydrogen-bond donors (Lipinski definition) is 1. The van der Waals surface area contributed by atoms with Crippen molar-refractivity contribution in [3.63, 3.8) is 0 Å². The van der Waals surface area contributed by atoms with Crippen LogP contribution in [-0.2, 0) is 6.54 Å². The molecule has 134 valence electrons. The summed E-state index contributed by atoms with van der Waals surface area (Å²) in [7, 11) is 1.67. The van der Waals surface area contributed by atoms with Gasteiger partial charge in [0, 0.05) is 24.3 Å². The van der Waals surface area contributed by atoms with E-state index in [0.29, 0.717) is 18.3 Å². The maximum atomic E-state index is 5.39. The van der Waals surface area contributed by atoms with Crippen molar-refractivity contribution in [3.05, 3.63) is 65.9 Å². The molecule has 0 aliphatic rings. The fourth-order valence-electron chi connectivity index (χ4n) is 2.76. The van der Waals surface area contributed by atoms with Crippen molar-refractivity contribution in [1.82, 2.24) is 15.2 Å². The summed E-state index contributed by atoms with van der Waals surface area (Å²) in [6.45, 7) is 5.49. The van der Waals surface area contributed by atoms with Crippen LogP contribution in [0.4, 0.5) is 17.5 Å². The number of rotatable bonds is 7. The summed E-state index contributed by atoms with van der Waals surface area (Å²) in [5, 5.41) is 11.6. The molecule has 2 aromatic carbocycles. The zero-order valence-corrected chi connectivity index (χ0v) is 15.3. The number of aryl methyl sites for hydroxylation is 1. The van der Waals surface area contributed by atoms with E-state index in [-0.39, 0.29) is 0 Å². The van der Waals surface area contributed by atoms with Gasteiger partial charge in [0.05, 0.1) is 13.3 Å². The molecule has 26 heavy (non-hydrogen) atoms. The predicted octanol–water partition coefficient (Wildman–Crippen LogP) is 3.96. The van der Waals surface area contributed by atoms with Gasteiger partial charge in [-0.15, -0.1) is 5.10 Å². The molecule has 3 rings (SSSR count). The number of hydrogen-bond acceptors (Lipinski definition) is 6. The number of aromatic nitrogens is 3. The number of nitrogens with zero attached hydrogens (tertiary/aromatic N) is 4. The first-order chi connectivity index (χ1) is 12.7. The molecule has 3 aromatic rings. The second-order valence-corrected chi connectivity index (χ2v) is 5.89. The first-order valence-corrected chi connectivity index (χ1v) is 8.61. The van der Waals surface area contributed by atoms with Gasteiger partial charge in [-0.05, 0) is 37.6 Å². The van der Waals surface area contributed by atoms with E-state index in [1.807, 2.05) is 35.2 Å². The minimum absolute atomic E-state index is 0.572. The van der Waals surface area contributed by atoms with Crippen LogP contribution < -0.4 is 15.0 Å². The van der Waals surface area contributed by atoms with Gasteiger partial charge in [0.2, 0.25) is 0 Å². The van der Waals surface area contributed by atoms with Crippen LogP contribution in [0, 0.1) is 6.92 Å². The van der Waals surface area contributed by atoms with E-state index < -0.39 is 0 Å². The quantitative estimate of drug-likeness (QED) is 0.697. The van der Waals surface area contributed by atoms with Crippen LogP contribution >= 0.6 is 0 Å². The number of para-hydroxylation sites is 1. The average Bonchev–Trinajstić information content (AvgIpc) is 2.68. The summed E-state index contributed by atoms with van der Waals surface area (Å²) in [6, 6.07) is 16.2. The Bertz CT molecular complexity index is 868. The van der Waals surface area contributed by atoms with Gasteiger partial charge in [-0.3, -0.25) is 0 Å². The number of nitrogens with one attached hydrogen (secondary N) is 1. The summed E-state index contributed by atoms with van der Waals surface area (Å²) in [6.07, 6.45) is 1.63. The Balaban J connectivity index is 1.79. The fourth-order valence-corrected chi connectivity index (χ4v) is 2.76. The first kappa shape index (κ1) is 17.7. The Kier molecular flexibility index (Phi) is 5.63. The largest absolute Gasteiger partial charge is 0.496 e. The van der Waals surface area contributed by atoms with Crippen LogP contribution in [0.1, 0.15) is 18.1 Å². The third-order valence-electron chi connectivity index (χ3n) is 4.07. The molecule has 1 heterocycles. The standard InChI is InChI=1S/C20H23N5O/c1-4-25(17-10-7-8-15(2)12-17)20-23-19(14-22-24-20)21-13-16-9-5-6-11-18(16)26-3/h5-12,14H,4,13H2,1-3H3,(H,21,23,24). The molecule has 0 saturated heterocycles. The Labute approximate surface area is 153 Å². The molecule has 0 bridgehead atoms. The lowest BCUT2D eigenvalue weighted by molar-refractivity contribution is 0.410. The van der Waals surface area contributed by atoms with Crippen LogP contribution in [0.25, 0.3) is 0 Å². The van der Waals surface area contributed by atoms with Crippen LogP contribution in [0.3, 0.4) is 0 Å². The molecule has 0 aliphatic carbocycles. The van der Waals surface area contributed by atoms with Crippen molar-refractivity contribution in [2.45, 2.75) is 20.4 Å². The second-order valence-electron chi connectivity index (χ2n) is 5.89. The van der Waals surface area contributed by atoms with E-state index in [1.54, 1.807) is 13.3 Å². The van der Waals surface area contributed by atoms with Gasteiger partial charge in [-0.25, -0.2) is 0 Å². The van der Waals surface area contributed by atoms with Crippen molar-refractivity contribution in [3.8, 4) is 5.75 Å². The van der Waals surface area contributed by atoms with E-state index in [2.05, 4.69) is 52.5 Å². The van der Waals surface area contributed by atoms with Crippen molar-refractivity contribution < 1.29 is 4.74 Å². The van der Waals surface area contributed by atoms with Gasteiger partial charge in [0.25, 0.3) is 5.95 Å². The topological polar surface area (TPSA) is 63.2 Å². The molecule has 0 spiro atoms. The average molecular weight is 349 g/mol. The molecule has 0 saturated carbocycles. The first-order valence-electron chi connectivity index (χ1n) is 8.61. The molecular formula is C20H23N5O. The lowest BCUT2D eigenvalue weighted by atomic mass is 10.2. The molecule has 6 heteroatoms. The number of benzene rings is 2. The maximum Gasteiger partial charge on any atom is 0.251 e. The highest BCUT2D eigenvalue weighted by molar-refractivity contribution is 5.58. The zero-order chi connectivity index (χ0) is 18.4. The number of methoxy groups -OCH3 is 1. The highest BCUT2D eigenvalue weighted by atomic mass is 16.5. The minimum Gasteiger partial charge on any atom is -0.496 e. The molecule has 0 amide bonds. The highest BCUT2D eigenvalue weighted by Crippen LogP contribution is 2.23. The zero-order valence-electron chi connectivity index (χ0n) is 15.3. The SMILES string of the molecule is CCN(c1cccc(C)c1)c1nncc(NCc2ccccc2OC)n1. The summed E-state index contributed by atoms with van der Waals surface area (Å²) in [5.74, 6) is 2.09. The summed E-state index contributed by atoms with van der Waals surface area (Å²) < 4.78 is 5.39. The monoisotopic (exact) mass is 349 g/mol. The number of ether oxygens (including phenoxy) is 1. The maximum absolute atomic E-state index is 5.39. The third-order valence-corrected chi connectivity index (χ3v) is 4.07. The van der Waals surface area contributed by atoms with E-state index in [9.17, 15) is 0 Å². The lowest BCUT2D eigenvalue weighted by Crippen LogP contribution is -2.20.